The zero-order chi connectivity index (χ0) is 25.8. The van der Waals surface area contributed by atoms with Crippen LogP contribution in [0.15, 0.2) is 30.3 Å². The predicted octanol–water partition coefficient (Wildman–Crippen LogP) is 5.44. The Labute approximate surface area is 218 Å². The Bertz CT molecular complexity index is 1040. The average Bonchev–Trinajstić information content (AvgIpc) is 3.45. The van der Waals surface area contributed by atoms with Crippen molar-refractivity contribution in [2.24, 2.45) is 0 Å². The minimum absolute atomic E-state index is 0.00672. The third-order valence-corrected chi connectivity index (χ3v) is 8.03. The number of hydrogen-bond acceptors (Lipinski definition) is 7. The third-order valence-electron chi connectivity index (χ3n) is 6.77. The first kappa shape index (κ1) is 26.6. The van der Waals surface area contributed by atoms with Crippen LogP contribution < -0.4 is 9.62 Å². The first-order chi connectivity index (χ1) is 17.2. The number of carbonyl (C=O) groups is 1. The molecule has 1 N–H and O–H groups in total. The van der Waals surface area contributed by atoms with Gasteiger partial charge in [0.15, 0.2) is 5.75 Å². The second-order valence-corrected chi connectivity index (χ2v) is 11.3. The number of nitrogens with zero attached hydrogens (tertiary/aromatic N) is 2. The lowest BCUT2D eigenvalue weighted by Crippen LogP contribution is -2.32. The molecule has 196 valence electrons. The van der Waals surface area contributed by atoms with Crippen molar-refractivity contribution in [2.75, 3.05) is 39.0 Å². The van der Waals surface area contributed by atoms with Crippen LogP contribution in [0.3, 0.4) is 0 Å². The van der Waals surface area contributed by atoms with Gasteiger partial charge in [-0.15, -0.1) is 11.8 Å². The molecule has 7 nitrogen and oxygen atoms in total. The van der Waals surface area contributed by atoms with Crippen molar-refractivity contribution in [1.29, 1.82) is 0 Å². The number of aromatic hydroxyl groups is 1. The number of ether oxygens (including phenoxy) is 1. The highest BCUT2D eigenvalue weighted by molar-refractivity contribution is 8.00. The number of phenols is 1. The Morgan fingerprint density at radius 2 is 1.86 bits per heavy atom. The first-order valence-electron chi connectivity index (χ1n) is 12.8. The summed E-state index contributed by atoms with van der Waals surface area (Å²) in [6.07, 6.45) is 0.884. The lowest BCUT2D eigenvalue weighted by atomic mass is 9.91. The molecular formula is C28H38N2O5S. The monoisotopic (exact) mass is 514 g/mol. The number of phenolic OH excluding ortho intramolecular Hbond substituents is 1. The van der Waals surface area contributed by atoms with Crippen molar-refractivity contribution in [3.8, 4) is 17.2 Å². The van der Waals surface area contributed by atoms with Crippen LogP contribution >= 0.6 is 11.8 Å². The van der Waals surface area contributed by atoms with Gasteiger partial charge in [0.1, 0.15) is 30.1 Å². The van der Waals surface area contributed by atoms with E-state index in [0.717, 1.165) is 53.3 Å². The number of fused-ring (bicyclic) bond motifs is 1. The second kappa shape index (κ2) is 11.8. The highest BCUT2D eigenvalue weighted by atomic mass is 32.2. The minimum Gasteiger partial charge on any atom is -0.507 e. The Morgan fingerprint density at radius 1 is 1.14 bits per heavy atom. The molecule has 0 spiro atoms. The van der Waals surface area contributed by atoms with E-state index < -0.39 is 0 Å². The molecule has 2 aromatic rings. The first-order valence-corrected chi connectivity index (χ1v) is 13.8. The van der Waals surface area contributed by atoms with Crippen LogP contribution in [-0.4, -0.2) is 59.9 Å². The summed E-state index contributed by atoms with van der Waals surface area (Å²) >= 11 is 1.68. The molecule has 0 aliphatic carbocycles. The number of amides is 1. The van der Waals surface area contributed by atoms with Crippen molar-refractivity contribution >= 4 is 17.7 Å². The topological polar surface area (TPSA) is 71.5 Å². The maximum Gasteiger partial charge on any atom is 0.233 e. The van der Waals surface area contributed by atoms with Gasteiger partial charge in [-0.25, -0.2) is 0 Å². The molecule has 1 saturated heterocycles. The highest BCUT2D eigenvalue weighted by Gasteiger charge is 2.33. The molecule has 1 unspecified atom stereocenters. The van der Waals surface area contributed by atoms with Crippen LogP contribution in [-0.2, 0) is 16.3 Å². The molecule has 8 heteroatoms. The predicted molar refractivity (Wildman–Crippen MR) is 143 cm³/mol. The highest BCUT2D eigenvalue weighted by Crippen LogP contribution is 2.43. The summed E-state index contributed by atoms with van der Waals surface area (Å²) in [5, 5.41) is 10.8. The fourth-order valence-corrected chi connectivity index (χ4v) is 5.82. The number of thioether (sulfide) groups is 1. The molecule has 1 fully saturated rings. The Kier molecular flexibility index (Phi) is 8.70. The van der Waals surface area contributed by atoms with E-state index >= 15 is 0 Å². The molecule has 36 heavy (non-hydrogen) atoms. The van der Waals surface area contributed by atoms with Crippen LogP contribution in [0, 0.1) is 0 Å². The van der Waals surface area contributed by atoms with Gasteiger partial charge in [-0.1, -0.05) is 27.7 Å². The normalized spacial score (nSPS) is 17.4. The standard InChI is InChI=1S/C28H38N2O5S/c1-18(2)23-13-21(14-24(19(3)4)27(23)32)28-30(26(31)17-36-28)10-6-9-29(5)11-12-33-22-8-7-20-16-34-35-25(20)15-22/h7-8,13-15,18-19,28,32H,6,9-12,16-17H2,1-5H3. The second-order valence-electron chi connectivity index (χ2n) is 10.2. The summed E-state index contributed by atoms with van der Waals surface area (Å²) < 4.78 is 5.88. The Hall–Kier alpha value is -2.42. The van der Waals surface area contributed by atoms with Crippen LogP contribution in [0.2, 0.25) is 0 Å². The molecule has 0 bridgehead atoms. The van der Waals surface area contributed by atoms with Crippen LogP contribution in [0.5, 0.6) is 17.2 Å². The van der Waals surface area contributed by atoms with E-state index in [4.69, 9.17) is 14.5 Å². The zero-order valence-corrected chi connectivity index (χ0v) is 22.8. The number of carbonyl (C=O) groups excluding carboxylic acids is 1. The van der Waals surface area contributed by atoms with Crippen molar-refractivity contribution in [3.05, 3.63) is 52.6 Å². The van der Waals surface area contributed by atoms with Gasteiger partial charge in [0.25, 0.3) is 0 Å². The van der Waals surface area contributed by atoms with Gasteiger partial charge in [0.2, 0.25) is 5.91 Å². The Morgan fingerprint density at radius 3 is 2.56 bits per heavy atom. The van der Waals surface area contributed by atoms with Gasteiger partial charge in [0.05, 0.1) is 5.75 Å². The van der Waals surface area contributed by atoms with Gasteiger partial charge >= 0.3 is 0 Å². The molecule has 2 aromatic carbocycles. The van der Waals surface area contributed by atoms with Crippen molar-refractivity contribution in [2.45, 2.75) is 57.9 Å². The van der Waals surface area contributed by atoms with E-state index in [1.807, 2.05) is 23.1 Å². The molecule has 2 aliphatic heterocycles. The summed E-state index contributed by atoms with van der Waals surface area (Å²) in [7, 11) is 2.07. The van der Waals surface area contributed by atoms with Crippen LogP contribution in [0.25, 0.3) is 0 Å². The zero-order valence-electron chi connectivity index (χ0n) is 22.0. The summed E-state index contributed by atoms with van der Waals surface area (Å²) in [6, 6.07) is 9.94. The minimum atomic E-state index is -0.00672. The van der Waals surface area contributed by atoms with Gasteiger partial charge in [0, 0.05) is 24.7 Å². The van der Waals surface area contributed by atoms with Gasteiger partial charge in [-0.3, -0.25) is 4.79 Å². The molecule has 0 radical (unpaired) electrons. The fraction of sp³-hybridized carbons (Fsp3) is 0.536. The number of hydrogen-bond donors (Lipinski definition) is 1. The number of benzene rings is 2. The van der Waals surface area contributed by atoms with Gasteiger partial charge < -0.3 is 24.5 Å². The Balaban J connectivity index is 1.30. The summed E-state index contributed by atoms with van der Waals surface area (Å²) in [6.45, 7) is 11.8. The maximum absolute atomic E-state index is 12.8. The van der Waals surface area contributed by atoms with E-state index in [2.05, 4.69) is 51.8 Å². The van der Waals surface area contributed by atoms with Crippen molar-refractivity contribution in [3.63, 3.8) is 0 Å². The van der Waals surface area contributed by atoms with Crippen LogP contribution in [0.1, 0.15) is 73.6 Å². The molecule has 0 saturated carbocycles. The molecule has 2 aliphatic rings. The molecule has 0 aromatic heterocycles. The molecule has 2 heterocycles. The van der Waals surface area contributed by atoms with Crippen LogP contribution in [0.4, 0.5) is 0 Å². The van der Waals surface area contributed by atoms with Gasteiger partial charge in [-0.2, -0.15) is 4.89 Å². The van der Waals surface area contributed by atoms with E-state index in [1.165, 1.54) is 0 Å². The van der Waals surface area contributed by atoms with E-state index in [1.54, 1.807) is 11.8 Å². The maximum atomic E-state index is 12.8. The van der Waals surface area contributed by atoms with Gasteiger partial charge in [-0.05, 0) is 72.8 Å². The fourth-order valence-electron chi connectivity index (χ4n) is 4.62. The number of likely N-dealkylation sites (N-methyl/N-ethyl adjacent to an activating group) is 1. The molecule has 1 atom stereocenters. The summed E-state index contributed by atoms with van der Waals surface area (Å²) in [5.74, 6) is 3.00. The molecule has 4 rings (SSSR count). The average molecular weight is 515 g/mol. The van der Waals surface area contributed by atoms with Crippen molar-refractivity contribution in [1.82, 2.24) is 9.80 Å². The SMILES string of the molecule is CC(C)c1cc(C2SCC(=O)N2CCCN(C)CCOc2ccc3c(c2)OOC3)cc(C(C)C)c1O. The van der Waals surface area contributed by atoms with E-state index in [9.17, 15) is 9.90 Å². The largest absolute Gasteiger partial charge is 0.507 e. The third kappa shape index (κ3) is 6.10. The smallest absolute Gasteiger partial charge is 0.233 e. The molecular weight excluding hydrogens is 476 g/mol. The molecule has 1 amide bonds. The summed E-state index contributed by atoms with van der Waals surface area (Å²) in [4.78, 5) is 27.1. The van der Waals surface area contributed by atoms with E-state index in [-0.39, 0.29) is 23.1 Å². The summed E-state index contributed by atoms with van der Waals surface area (Å²) in [5.41, 5.74) is 4.05. The lowest BCUT2D eigenvalue weighted by molar-refractivity contribution is -0.194. The number of rotatable bonds is 11. The lowest BCUT2D eigenvalue weighted by Gasteiger charge is -2.27. The quantitative estimate of drug-likeness (QED) is 0.401. The van der Waals surface area contributed by atoms with E-state index in [0.29, 0.717) is 31.3 Å². The van der Waals surface area contributed by atoms with Crippen molar-refractivity contribution < 1.29 is 24.4 Å².